The molecule has 0 saturated carbocycles. The summed E-state index contributed by atoms with van der Waals surface area (Å²) in [5, 5.41) is 0. The lowest BCUT2D eigenvalue weighted by atomic mass is 9.95. The Bertz CT molecular complexity index is 99.2. The van der Waals surface area contributed by atoms with Crippen LogP contribution >= 0.6 is 0 Å². The molecule has 0 radical (unpaired) electrons. The van der Waals surface area contributed by atoms with E-state index in [4.69, 9.17) is 4.74 Å². The van der Waals surface area contributed by atoms with E-state index in [-0.39, 0.29) is 0 Å². The second kappa shape index (κ2) is 6.47. The topological polar surface area (TPSA) is 9.23 Å². The van der Waals surface area contributed by atoms with Crippen LogP contribution in [0.1, 0.15) is 47.0 Å². The Balaban J connectivity index is 3.39. The lowest BCUT2D eigenvalue weighted by molar-refractivity contribution is 0.0952. The molecule has 0 rings (SSSR count). The minimum absolute atomic E-state index is 0.423. The predicted molar refractivity (Wildman–Crippen MR) is 54.3 cm³/mol. The summed E-state index contributed by atoms with van der Waals surface area (Å²) in [5.74, 6) is 1.65. The first-order valence-corrected chi connectivity index (χ1v) is 5.09. The van der Waals surface area contributed by atoms with E-state index in [2.05, 4.69) is 27.7 Å². The fraction of sp³-hybridized carbons (Fsp3) is 1.00. The molecule has 0 heterocycles. The highest BCUT2D eigenvalue weighted by Gasteiger charge is 2.08. The van der Waals surface area contributed by atoms with E-state index in [1.807, 2.05) is 0 Å². The van der Waals surface area contributed by atoms with Gasteiger partial charge < -0.3 is 4.74 Å². The van der Waals surface area contributed by atoms with Crippen LogP contribution in [0, 0.1) is 11.8 Å². The van der Waals surface area contributed by atoms with Crippen LogP contribution in [-0.4, -0.2) is 13.2 Å². The van der Waals surface area contributed by atoms with Crippen LogP contribution < -0.4 is 0 Å². The van der Waals surface area contributed by atoms with Gasteiger partial charge in [0.2, 0.25) is 0 Å². The van der Waals surface area contributed by atoms with Crippen LogP contribution in [0.3, 0.4) is 0 Å². The molecule has 0 aliphatic rings. The minimum atomic E-state index is 0.423. The van der Waals surface area contributed by atoms with E-state index in [0.29, 0.717) is 6.10 Å². The quantitative estimate of drug-likeness (QED) is 0.596. The van der Waals surface area contributed by atoms with Crippen LogP contribution in [-0.2, 0) is 4.74 Å². The first-order valence-electron chi connectivity index (χ1n) is 5.09. The third kappa shape index (κ3) is 6.66. The molecule has 0 amide bonds. The zero-order chi connectivity index (χ0) is 9.56. The van der Waals surface area contributed by atoms with Gasteiger partial charge in [-0.2, -0.15) is 0 Å². The van der Waals surface area contributed by atoms with Crippen LogP contribution in [0.5, 0.6) is 0 Å². The monoisotopic (exact) mass is 172 g/mol. The molecule has 0 aromatic heterocycles. The van der Waals surface area contributed by atoms with Gasteiger partial charge >= 0.3 is 0 Å². The summed E-state index contributed by atoms with van der Waals surface area (Å²) in [6, 6.07) is 0. The molecule has 0 aliphatic heterocycles. The molecule has 0 bridgehead atoms. The summed E-state index contributed by atoms with van der Waals surface area (Å²) in [4.78, 5) is 0. The molecule has 0 fully saturated rings. The molecular weight excluding hydrogens is 148 g/mol. The molecule has 0 N–H and O–H groups in total. The third-order valence-corrected chi connectivity index (χ3v) is 2.37. The van der Waals surface area contributed by atoms with Crippen molar-refractivity contribution in [2.75, 3.05) is 7.11 Å². The van der Waals surface area contributed by atoms with E-state index in [1.165, 1.54) is 19.3 Å². The predicted octanol–water partition coefficient (Wildman–Crippen LogP) is 3.48. The van der Waals surface area contributed by atoms with Crippen LogP contribution in [0.4, 0.5) is 0 Å². The minimum Gasteiger partial charge on any atom is -0.382 e. The van der Waals surface area contributed by atoms with Crippen molar-refractivity contribution >= 4 is 0 Å². The smallest absolute Gasteiger partial charge is 0.0545 e. The summed E-state index contributed by atoms with van der Waals surface area (Å²) in [5.41, 5.74) is 0. The highest BCUT2D eigenvalue weighted by Crippen LogP contribution is 2.17. The number of hydrogen-bond acceptors (Lipinski definition) is 1. The standard InChI is InChI=1S/C11H24O/c1-9(2)6-7-10(3)8-11(4)12-5/h9-11H,6-8H2,1-5H3. The van der Waals surface area contributed by atoms with Crippen molar-refractivity contribution in [3.8, 4) is 0 Å². The van der Waals surface area contributed by atoms with Crippen molar-refractivity contribution < 1.29 is 4.74 Å². The van der Waals surface area contributed by atoms with Crippen molar-refractivity contribution in [3.05, 3.63) is 0 Å². The zero-order valence-electron chi connectivity index (χ0n) is 9.26. The van der Waals surface area contributed by atoms with Crippen LogP contribution in [0.25, 0.3) is 0 Å². The maximum Gasteiger partial charge on any atom is 0.0545 e. The fourth-order valence-electron chi connectivity index (χ4n) is 1.40. The number of hydrogen-bond donors (Lipinski definition) is 0. The number of rotatable bonds is 6. The molecule has 74 valence electrons. The third-order valence-electron chi connectivity index (χ3n) is 2.37. The first-order chi connectivity index (χ1) is 5.56. The van der Waals surface area contributed by atoms with E-state index < -0.39 is 0 Å². The molecule has 0 spiro atoms. The normalized spacial score (nSPS) is 16.5. The van der Waals surface area contributed by atoms with Gasteiger partial charge in [-0.15, -0.1) is 0 Å². The highest BCUT2D eigenvalue weighted by molar-refractivity contribution is 4.59. The average molecular weight is 172 g/mol. The maximum atomic E-state index is 5.23. The van der Waals surface area contributed by atoms with Crippen LogP contribution in [0.2, 0.25) is 0 Å². The van der Waals surface area contributed by atoms with Crippen molar-refractivity contribution in [1.29, 1.82) is 0 Å². The number of methoxy groups -OCH3 is 1. The second-order valence-electron chi connectivity index (χ2n) is 4.36. The summed E-state index contributed by atoms with van der Waals surface area (Å²) in [6.07, 6.45) is 4.30. The van der Waals surface area contributed by atoms with Crippen LogP contribution in [0.15, 0.2) is 0 Å². The van der Waals surface area contributed by atoms with Gasteiger partial charge in [-0.3, -0.25) is 0 Å². The van der Waals surface area contributed by atoms with Gasteiger partial charge in [0.05, 0.1) is 6.10 Å². The Morgan fingerprint density at radius 3 is 2.00 bits per heavy atom. The maximum absolute atomic E-state index is 5.23. The molecular formula is C11H24O. The van der Waals surface area contributed by atoms with E-state index in [1.54, 1.807) is 7.11 Å². The Morgan fingerprint density at radius 1 is 1.00 bits per heavy atom. The van der Waals surface area contributed by atoms with Gasteiger partial charge in [-0.25, -0.2) is 0 Å². The van der Waals surface area contributed by atoms with Gasteiger partial charge in [-0.1, -0.05) is 33.6 Å². The molecule has 12 heavy (non-hydrogen) atoms. The summed E-state index contributed by atoms with van der Waals surface area (Å²) in [7, 11) is 1.79. The molecule has 0 aromatic rings. The molecule has 0 saturated heterocycles. The molecule has 2 atom stereocenters. The lowest BCUT2D eigenvalue weighted by Crippen LogP contribution is -2.10. The van der Waals surface area contributed by atoms with Crippen molar-refractivity contribution in [2.45, 2.75) is 53.1 Å². The summed E-state index contributed by atoms with van der Waals surface area (Å²) in [6.45, 7) is 9.03. The average Bonchev–Trinajstić information content (AvgIpc) is 2.00. The van der Waals surface area contributed by atoms with E-state index in [0.717, 1.165) is 11.8 Å². The fourth-order valence-corrected chi connectivity index (χ4v) is 1.40. The van der Waals surface area contributed by atoms with Gasteiger partial charge in [0.15, 0.2) is 0 Å². The molecule has 0 aromatic carbocycles. The van der Waals surface area contributed by atoms with Crippen molar-refractivity contribution in [1.82, 2.24) is 0 Å². The Hall–Kier alpha value is -0.0400. The molecule has 2 unspecified atom stereocenters. The summed E-state index contributed by atoms with van der Waals surface area (Å²) >= 11 is 0. The van der Waals surface area contributed by atoms with Crippen molar-refractivity contribution in [2.24, 2.45) is 11.8 Å². The van der Waals surface area contributed by atoms with Crippen molar-refractivity contribution in [3.63, 3.8) is 0 Å². The highest BCUT2D eigenvalue weighted by atomic mass is 16.5. The van der Waals surface area contributed by atoms with E-state index in [9.17, 15) is 0 Å². The largest absolute Gasteiger partial charge is 0.382 e. The second-order valence-corrected chi connectivity index (χ2v) is 4.36. The van der Waals surface area contributed by atoms with Gasteiger partial charge in [0.25, 0.3) is 0 Å². The molecule has 1 heteroatoms. The van der Waals surface area contributed by atoms with Gasteiger partial charge in [0, 0.05) is 7.11 Å². The Kier molecular flexibility index (Phi) is 6.45. The molecule has 1 nitrogen and oxygen atoms in total. The first kappa shape index (κ1) is 12.0. The van der Waals surface area contributed by atoms with Gasteiger partial charge in [-0.05, 0) is 25.2 Å². The lowest BCUT2D eigenvalue weighted by Gasteiger charge is -2.16. The molecule has 0 aliphatic carbocycles. The summed E-state index contributed by atoms with van der Waals surface area (Å²) < 4.78 is 5.23. The Morgan fingerprint density at radius 2 is 1.58 bits per heavy atom. The number of ether oxygens (including phenoxy) is 1. The van der Waals surface area contributed by atoms with Gasteiger partial charge in [0.1, 0.15) is 0 Å². The van der Waals surface area contributed by atoms with E-state index >= 15 is 0 Å². The Labute approximate surface area is 77.5 Å². The SMILES string of the molecule is COC(C)CC(C)CCC(C)C. The zero-order valence-corrected chi connectivity index (χ0v) is 9.26.